The van der Waals surface area contributed by atoms with Gasteiger partial charge in [-0.15, -0.1) is 0 Å². The van der Waals surface area contributed by atoms with Gasteiger partial charge >= 0.3 is 0 Å². The monoisotopic (exact) mass is 269 g/mol. The number of fused-ring (bicyclic) bond motifs is 1. The summed E-state index contributed by atoms with van der Waals surface area (Å²) in [4.78, 5) is 4.34. The van der Waals surface area contributed by atoms with Gasteiger partial charge in [0.2, 0.25) is 5.95 Å². The summed E-state index contributed by atoms with van der Waals surface area (Å²) < 4.78 is 2.07. The zero-order valence-corrected chi connectivity index (χ0v) is 11.6. The second-order valence-electron chi connectivity index (χ2n) is 4.08. The first-order chi connectivity index (χ1) is 8.15. The third kappa shape index (κ3) is 2.38. The molecule has 3 nitrogen and oxygen atoms in total. The molecule has 1 atom stereocenters. The Balaban J connectivity index is 2.46. The van der Waals surface area contributed by atoms with Gasteiger partial charge in [-0.25, -0.2) is 4.98 Å². The predicted octanol–water partition coefficient (Wildman–Crippen LogP) is 3.59. The van der Waals surface area contributed by atoms with E-state index in [1.165, 1.54) is 0 Å². The molecule has 0 bridgehead atoms. The molecule has 1 unspecified atom stereocenters. The summed E-state index contributed by atoms with van der Waals surface area (Å²) in [5.41, 5.74) is 7.79. The van der Waals surface area contributed by atoms with Gasteiger partial charge in [-0.1, -0.05) is 17.7 Å². The summed E-state index contributed by atoms with van der Waals surface area (Å²) in [5.74, 6) is 1.66. The number of para-hydroxylation sites is 1. The van der Waals surface area contributed by atoms with E-state index >= 15 is 0 Å². The second kappa shape index (κ2) is 5.19. The molecule has 1 heterocycles. The molecule has 0 saturated heterocycles. The van der Waals surface area contributed by atoms with Crippen LogP contribution in [0.5, 0.6) is 0 Å². The van der Waals surface area contributed by atoms with Crippen molar-refractivity contribution in [3.05, 3.63) is 23.2 Å². The lowest BCUT2D eigenvalue weighted by atomic mass is 10.2. The molecule has 0 radical (unpaired) electrons. The fraction of sp³-hybridized carbons (Fsp3) is 0.417. The van der Waals surface area contributed by atoms with Crippen LogP contribution in [-0.4, -0.2) is 21.6 Å². The number of imidazole rings is 1. The quantitative estimate of drug-likeness (QED) is 0.923. The van der Waals surface area contributed by atoms with Crippen molar-refractivity contribution in [1.82, 2.24) is 9.55 Å². The number of nitrogens with two attached hydrogens (primary N) is 1. The van der Waals surface area contributed by atoms with Gasteiger partial charge in [0.15, 0.2) is 0 Å². The Morgan fingerprint density at radius 1 is 1.53 bits per heavy atom. The lowest BCUT2D eigenvalue weighted by Gasteiger charge is -2.15. The van der Waals surface area contributed by atoms with E-state index in [9.17, 15) is 0 Å². The maximum atomic E-state index is 6.12. The maximum Gasteiger partial charge on any atom is 0.201 e. The number of hydrogen-bond acceptors (Lipinski definition) is 3. The minimum atomic E-state index is 0.339. The molecule has 2 N–H and O–H groups in total. The largest absolute Gasteiger partial charge is 0.369 e. The number of anilines is 1. The zero-order valence-electron chi connectivity index (χ0n) is 9.98. The van der Waals surface area contributed by atoms with Crippen molar-refractivity contribution in [2.24, 2.45) is 0 Å². The Morgan fingerprint density at radius 2 is 2.29 bits per heavy atom. The van der Waals surface area contributed by atoms with Crippen LogP contribution in [0.3, 0.4) is 0 Å². The van der Waals surface area contributed by atoms with Gasteiger partial charge in [0.25, 0.3) is 0 Å². The smallest absolute Gasteiger partial charge is 0.201 e. The summed E-state index contributed by atoms with van der Waals surface area (Å²) in [5, 5.41) is 0.657. The first-order valence-electron chi connectivity index (χ1n) is 5.56. The SMILES string of the molecule is CSCCC(C)n1c(N)nc2c(Cl)cccc21. The van der Waals surface area contributed by atoms with Gasteiger partial charge in [0.05, 0.1) is 10.5 Å². The summed E-state index contributed by atoms with van der Waals surface area (Å²) >= 11 is 7.96. The summed E-state index contributed by atoms with van der Waals surface area (Å²) in [6.45, 7) is 2.16. The molecule has 0 saturated carbocycles. The molecule has 0 aliphatic heterocycles. The van der Waals surface area contributed by atoms with Crippen LogP contribution in [-0.2, 0) is 0 Å². The van der Waals surface area contributed by atoms with Gasteiger partial charge in [-0.2, -0.15) is 11.8 Å². The van der Waals surface area contributed by atoms with E-state index in [1.807, 2.05) is 30.0 Å². The Kier molecular flexibility index (Phi) is 3.84. The van der Waals surface area contributed by atoms with Crippen LogP contribution < -0.4 is 5.73 Å². The van der Waals surface area contributed by atoms with Crippen LogP contribution in [0.15, 0.2) is 18.2 Å². The number of thioether (sulfide) groups is 1. The number of rotatable bonds is 4. The lowest BCUT2D eigenvalue weighted by molar-refractivity contribution is 0.556. The topological polar surface area (TPSA) is 43.8 Å². The van der Waals surface area contributed by atoms with Crippen LogP contribution >= 0.6 is 23.4 Å². The highest BCUT2D eigenvalue weighted by Gasteiger charge is 2.14. The second-order valence-corrected chi connectivity index (χ2v) is 5.47. The van der Waals surface area contributed by atoms with Gasteiger partial charge in [-0.05, 0) is 37.5 Å². The molecular formula is C12H16ClN3S. The molecule has 0 spiro atoms. The molecule has 0 amide bonds. The number of nitrogens with zero attached hydrogens (tertiary/aromatic N) is 2. The average Bonchev–Trinajstić information content (AvgIpc) is 2.64. The standard InChI is InChI=1S/C12H16ClN3S/c1-8(6-7-17-2)16-10-5-3-4-9(13)11(10)15-12(16)14/h3-5,8H,6-7H2,1-2H3,(H2,14,15). The molecule has 0 aliphatic rings. The minimum Gasteiger partial charge on any atom is -0.369 e. The maximum absolute atomic E-state index is 6.12. The van der Waals surface area contributed by atoms with E-state index in [0.29, 0.717) is 17.0 Å². The number of benzene rings is 1. The number of halogens is 1. The van der Waals surface area contributed by atoms with E-state index in [-0.39, 0.29) is 0 Å². The molecule has 1 aromatic carbocycles. The highest BCUT2D eigenvalue weighted by Crippen LogP contribution is 2.29. The van der Waals surface area contributed by atoms with E-state index in [1.54, 1.807) is 0 Å². The third-order valence-electron chi connectivity index (χ3n) is 2.88. The van der Waals surface area contributed by atoms with Gasteiger partial charge in [0, 0.05) is 6.04 Å². The van der Waals surface area contributed by atoms with Crippen molar-refractivity contribution in [3.63, 3.8) is 0 Å². The van der Waals surface area contributed by atoms with E-state index in [4.69, 9.17) is 17.3 Å². The van der Waals surface area contributed by atoms with Crippen LogP contribution in [0.1, 0.15) is 19.4 Å². The van der Waals surface area contributed by atoms with E-state index in [2.05, 4.69) is 22.7 Å². The van der Waals surface area contributed by atoms with Crippen LogP contribution in [0, 0.1) is 0 Å². The van der Waals surface area contributed by atoms with Crippen molar-refractivity contribution in [1.29, 1.82) is 0 Å². The highest BCUT2D eigenvalue weighted by molar-refractivity contribution is 7.98. The van der Waals surface area contributed by atoms with Crippen LogP contribution in [0.2, 0.25) is 5.02 Å². The molecule has 0 fully saturated rings. The Bertz CT molecular complexity index is 524. The Labute approximate surface area is 110 Å². The van der Waals surface area contributed by atoms with Crippen LogP contribution in [0.25, 0.3) is 11.0 Å². The normalized spacial score (nSPS) is 13.1. The first kappa shape index (κ1) is 12.6. The molecule has 5 heteroatoms. The van der Waals surface area contributed by atoms with Gasteiger partial charge in [0.1, 0.15) is 5.52 Å². The van der Waals surface area contributed by atoms with Crippen molar-refractivity contribution in [2.45, 2.75) is 19.4 Å². The van der Waals surface area contributed by atoms with Crippen molar-refractivity contribution < 1.29 is 0 Å². The zero-order chi connectivity index (χ0) is 12.4. The number of nitrogen functional groups attached to an aromatic ring is 1. The molecule has 92 valence electrons. The predicted molar refractivity (Wildman–Crippen MR) is 76.9 cm³/mol. The number of hydrogen-bond donors (Lipinski definition) is 1. The molecule has 1 aromatic heterocycles. The fourth-order valence-corrected chi connectivity index (χ4v) is 2.77. The summed E-state index contributed by atoms with van der Waals surface area (Å²) in [6, 6.07) is 6.13. The van der Waals surface area contributed by atoms with Crippen molar-refractivity contribution in [2.75, 3.05) is 17.7 Å². The van der Waals surface area contributed by atoms with Gasteiger partial charge in [-0.3, -0.25) is 0 Å². The molecule has 2 rings (SSSR count). The van der Waals surface area contributed by atoms with Crippen molar-refractivity contribution in [3.8, 4) is 0 Å². The number of aromatic nitrogens is 2. The molecule has 17 heavy (non-hydrogen) atoms. The van der Waals surface area contributed by atoms with Crippen molar-refractivity contribution >= 4 is 40.3 Å². The third-order valence-corrected chi connectivity index (χ3v) is 3.83. The summed E-state index contributed by atoms with van der Waals surface area (Å²) in [7, 11) is 0. The Hall–Kier alpha value is -0.870. The summed E-state index contributed by atoms with van der Waals surface area (Å²) in [6.07, 6.45) is 3.18. The lowest BCUT2D eigenvalue weighted by Crippen LogP contribution is -2.09. The molecule has 2 aromatic rings. The minimum absolute atomic E-state index is 0.339. The fourth-order valence-electron chi connectivity index (χ4n) is 1.98. The molecular weight excluding hydrogens is 254 g/mol. The van der Waals surface area contributed by atoms with E-state index < -0.39 is 0 Å². The average molecular weight is 270 g/mol. The van der Waals surface area contributed by atoms with Gasteiger partial charge < -0.3 is 10.3 Å². The van der Waals surface area contributed by atoms with Crippen LogP contribution in [0.4, 0.5) is 5.95 Å². The molecule has 0 aliphatic carbocycles. The van der Waals surface area contributed by atoms with E-state index in [0.717, 1.165) is 23.2 Å². The first-order valence-corrected chi connectivity index (χ1v) is 7.33. The Morgan fingerprint density at radius 3 is 3.00 bits per heavy atom. The highest BCUT2D eigenvalue weighted by atomic mass is 35.5.